The highest BCUT2D eigenvalue weighted by Crippen LogP contribution is 2.63. The van der Waals surface area contributed by atoms with E-state index < -0.39 is 23.5 Å². The lowest BCUT2D eigenvalue weighted by Crippen LogP contribution is -2.26. The summed E-state index contributed by atoms with van der Waals surface area (Å²) in [5.74, 6) is -2.44. The third kappa shape index (κ3) is 2.02. The van der Waals surface area contributed by atoms with Crippen LogP contribution in [0.15, 0.2) is 24.3 Å². The molecule has 0 radical (unpaired) electrons. The lowest BCUT2D eigenvalue weighted by Gasteiger charge is -2.16. The maximum Gasteiger partial charge on any atom is 0.342 e. The van der Waals surface area contributed by atoms with Crippen LogP contribution in [-0.2, 0) is 16.1 Å². The lowest BCUT2D eigenvalue weighted by molar-refractivity contribution is -0.147. The Balaban J connectivity index is 1.50. The molecule has 0 bridgehead atoms. The molecule has 2 unspecified atom stereocenters. The molecule has 1 aromatic carbocycles. The van der Waals surface area contributed by atoms with Gasteiger partial charge >= 0.3 is 5.97 Å². The molecule has 2 atom stereocenters. The molecule has 19 heavy (non-hydrogen) atoms. The van der Waals surface area contributed by atoms with Crippen LogP contribution in [0.3, 0.4) is 0 Å². The Hall–Kier alpha value is -1.49. The minimum atomic E-state index is -2.02. The molecule has 2 fully saturated rings. The minimum Gasteiger partial charge on any atom is -0.479 e. The zero-order valence-electron chi connectivity index (χ0n) is 10.2. The summed E-state index contributed by atoms with van der Waals surface area (Å²) in [7, 11) is 0. The molecule has 1 N–H and O–H groups in total. The second-order valence-electron chi connectivity index (χ2n) is 5.32. The van der Waals surface area contributed by atoms with Crippen LogP contribution in [0.5, 0.6) is 0 Å². The number of carbonyl (C=O) groups is 1. The minimum absolute atomic E-state index is 0.0942. The summed E-state index contributed by atoms with van der Waals surface area (Å²) in [6.07, 6.45) is 0.812. The third-order valence-electron chi connectivity index (χ3n) is 4.22. The molecular formula is C14H14F2O3. The van der Waals surface area contributed by atoms with Crippen molar-refractivity contribution in [3.8, 4) is 0 Å². The van der Waals surface area contributed by atoms with Gasteiger partial charge in [-0.05, 0) is 30.5 Å². The Morgan fingerprint density at radius 2 is 1.89 bits per heavy atom. The average Bonchev–Trinajstić information content (AvgIpc) is 2.75. The number of ether oxygens (including phenoxy) is 1. The maximum atomic E-state index is 13.8. The van der Waals surface area contributed by atoms with E-state index in [0.717, 1.165) is 5.56 Å². The van der Waals surface area contributed by atoms with E-state index in [4.69, 9.17) is 9.84 Å². The van der Waals surface area contributed by atoms with E-state index in [-0.39, 0.29) is 11.9 Å². The molecule has 102 valence electrons. The largest absolute Gasteiger partial charge is 0.479 e. The highest BCUT2D eigenvalue weighted by molar-refractivity contribution is 5.83. The van der Waals surface area contributed by atoms with Crippen LogP contribution in [0, 0.1) is 17.7 Å². The number of aliphatic carboxylic acids is 1. The summed E-state index contributed by atoms with van der Waals surface area (Å²) in [6, 6.07) is 6.01. The van der Waals surface area contributed by atoms with Gasteiger partial charge in [-0.2, -0.15) is 0 Å². The quantitative estimate of drug-likeness (QED) is 0.912. The van der Waals surface area contributed by atoms with E-state index in [2.05, 4.69) is 0 Å². The van der Waals surface area contributed by atoms with E-state index in [1.807, 2.05) is 0 Å². The van der Waals surface area contributed by atoms with Gasteiger partial charge in [0.05, 0.1) is 12.7 Å². The van der Waals surface area contributed by atoms with Crippen molar-refractivity contribution in [1.29, 1.82) is 0 Å². The molecule has 3 rings (SSSR count). The number of carboxylic acid groups (broad SMARTS) is 1. The first-order valence-corrected chi connectivity index (χ1v) is 6.30. The molecule has 0 amide bonds. The highest BCUT2D eigenvalue weighted by atomic mass is 19.1. The van der Waals surface area contributed by atoms with Crippen LogP contribution < -0.4 is 0 Å². The summed E-state index contributed by atoms with van der Waals surface area (Å²) in [5, 5.41) is 8.79. The molecule has 2 aliphatic carbocycles. The number of benzene rings is 1. The summed E-state index contributed by atoms with van der Waals surface area (Å²) < 4.78 is 32.1. The Labute approximate surface area is 109 Å². The smallest absolute Gasteiger partial charge is 0.342 e. The van der Waals surface area contributed by atoms with Crippen molar-refractivity contribution in [2.75, 3.05) is 0 Å². The SMILES string of the molecule is O=C(O)C1(F)C2CC(OCc3ccc(F)cc3)CC21. The summed E-state index contributed by atoms with van der Waals surface area (Å²) in [4.78, 5) is 10.8. The standard InChI is InChI=1S/C14H14F2O3/c15-9-3-1-8(2-4-9)7-19-10-5-11-12(6-10)14(11,16)13(17)18/h1-4,10-12H,5-7H2,(H,17,18). The third-order valence-corrected chi connectivity index (χ3v) is 4.22. The first kappa shape index (κ1) is 12.5. The number of rotatable bonds is 4. The number of hydrogen-bond donors (Lipinski definition) is 1. The summed E-state index contributed by atoms with van der Waals surface area (Å²) in [6.45, 7) is 0.344. The molecule has 0 spiro atoms. The fourth-order valence-corrected chi connectivity index (χ4v) is 3.08. The molecule has 0 saturated heterocycles. The van der Waals surface area contributed by atoms with Gasteiger partial charge in [-0.25, -0.2) is 13.6 Å². The second-order valence-corrected chi connectivity index (χ2v) is 5.32. The molecule has 3 nitrogen and oxygen atoms in total. The Morgan fingerprint density at radius 1 is 1.32 bits per heavy atom. The van der Waals surface area contributed by atoms with Crippen molar-refractivity contribution < 1.29 is 23.4 Å². The Bertz CT molecular complexity index is 488. The molecule has 0 heterocycles. The average molecular weight is 268 g/mol. The van der Waals surface area contributed by atoms with Crippen molar-refractivity contribution in [1.82, 2.24) is 0 Å². The van der Waals surface area contributed by atoms with Crippen molar-refractivity contribution in [2.24, 2.45) is 11.8 Å². The predicted molar refractivity (Wildman–Crippen MR) is 62.7 cm³/mol. The fraction of sp³-hybridized carbons (Fsp3) is 0.500. The van der Waals surface area contributed by atoms with Gasteiger partial charge in [0, 0.05) is 11.8 Å². The van der Waals surface area contributed by atoms with Crippen LogP contribution in [0.1, 0.15) is 18.4 Å². The number of hydrogen-bond acceptors (Lipinski definition) is 2. The van der Waals surface area contributed by atoms with Gasteiger partial charge in [-0.1, -0.05) is 12.1 Å². The monoisotopic (exact) mass is 268 g/mol. The van der Waals surface area contributed by atoms with Gasteiger partial charge < -0.3 is 9.84 Å². The van der Waals surface area contributed by atoms with E-state index >= 15 is 0 Å². The van der Waals surface area contributed by atoms with E-state index in [1.54, 1.807) is 12.1 Å². The van der Waals surface area contributed by atoms with Gasteiger partial charge in [0.2, 0.25) is 5.67 Å². The first-order chi connectivity index (χ1) is 9.01. The molecule has 5 heteroatoms. The number of halogens is 2. The van der Waals surface area contributed by atoms with Crippen molar-refractivity contribution in [3.05, 3.63) is 35.6 Å². The van der Waals surface area contributed by atoms with Gasteiger partial charge in [0.25, 0.3) is 0 Å². The molecule has 0 aliphatic heterocycles. The molecule has 0 aromatic heterocycles. The number of carboxylic acids is 1. The van der Waals surface area contributed by atoms with Crippen molar-refractivity contribution >= 4 is 5.97 Å². The van der Waals surface area contributed by atoms with Crippen molar-refractivity contribution in [2.45, 2.75) is 31.2 Å². The summed E-state index contributed by atoms with van der Waals surface area (Å²) in [5.41, 5.74) is -1.16. The van der Waals surface area contributed by atoms with Crippen LogP contribution in [-0.4, -0.2) is 22.8 Å². The first-order valence-electron chi connectivity index (χ1n) is 6.30. The maximum absolute atomic E-state index is 13.8. The zero-order valence-corrected chi connectivity index (χ0v) is 10.2. The van der Waals surface area contributed by atoms with Gasteiger partial charge in [0.1, 0.15) is 5.82 Å². The second kappa shape index (κ2) is 4.27. The topological polar surface area (TPSA) is 46.5 Å². The molecular weight excluding hydrogens is 254 g/mol. The van der Waals surface area contributed by atoms with Crippen LogP contribution in [0.4, 0.5) is 8.78 Å². The predicted octanol–water partition coefficient (Wildman–Crippen LogP) is 2.54. The lowest BCUT2D eigenvalue weighted by atomic mass is 10.1. The Morgan fingerprint density at radius 3 is 2.42 bits per heavy atom. The Kier molecular flexibility index (Phi) is 2.82. The van der Waals surface area contributed by atoms with Crippen LogP contribution >= 0.6 is 0 Å². The van der Waals surface area contributed by atoms with Crippen molar-refractivity contribution in [3.63, 3.8) is 0 Å². The van der Waals surface area contributed by atoms with Crippen LogP contribution in [0.25, 0.3) is 0 Å². The highest BCUT2D eigenvalue weighted by Gasteiger charge is 2.74. The van der Waals surface area contributed by atoms with E-state index in [0.29, 0.717) is 19.4 Å². The fourth-order valence-electron chi connectivity index (χ4n) is 3.08. The molecule has 2 saturated carbocycles. The normalized spacial score (nSPS) is 36.0. The van der Waals surface area contributed by atoms with E-state index in [9.17, 15) is 13.6 Å². The zero-order chi connectivity index (χ0) is 13.6. The molecule has 1 aromatic rings. The number of alkyl halides is 1. The number of fused-ring (bicyclic) bond motifs is 1. The van der Waals surface area contributed by atoms with Crippen LogP contribution in [0.2, 0.25) is 0 Å². The van der Waals surface area contributed by atoms with Gasteiger partial charge in [-0.3, -0.25) is 0 Å². The van der Waals surface area contributed by atoms with Gasteiger partial charge in [0.15, 0.2) is 0 Å². The molecule has 2 aliphatic rings. The summed E-state index contributed by atoms with van der Waals surface area (Å²) >= 11 is 0. The van der Waals surface area contributed by atoms with E-state index in [1.165, 1.54) is 12.1 Å². The van der Waals surface area contributed by atoms with Gasteiger partial charge in [-0.15, -0.1) is 0 Å².